The lowest BCUT2D eigenvalue weighted by Gasteiger charge is -2.22. The maximum atomic E-state index is 6.55. The summed E-state index contributed by atoms with van der Waals surface area (Å²) in [5, 5.41) is 9.40. The molecule has 10 heteroatoms. The average Bonchev–Trinajstić information content (AvgIpc) is 4.10. The van der Waals surface area contributed by atoms with Crippen molar-refractivity contribution >= 4 is 142 Å². The fraction of sp³-hybridized carbons (Fsp3) is 0. The molecule has 0 N–H and O–H groups in total. The molecule has 0 aliphatic carbocycles. The minimum absolute atomic E-state index is 0.398. The Labute approximate surface area is 342 Å². The van der Waals surface area contributed by atoms with Gasteiger partial charge in [-0.2, -0.15) is 9.97 Å². The summed E-state index contributed by atoms with van der Waals surface area (Å²) in [6, 6.07) is 54.1. The van der Waals surface area contributed by atoms with Gasteiger partial charge in [0.2, 0.25) is 11.4 Å². The molecule has 0 amide bonds. The number of aromatic nitrogens is 3. The third-order valence-electron chi connectivity index (χ3n) is 11.0. The van der Waals surface area contributed by atoms with Gasteiger partial charge in [0.1, 0.15) is 43.7 Å². The average molecular weight is 798 g/mol. The normalized spacial score (nSPS) is 12.1. The van der Waals surface area contributed by atoms with E-state index in [0.29, 0.717) is 28.6 Å². The molecule has 0 aliphatic rings. The molecule has 8 nitrogen and oxygen atoms in total. The van der Waals surface area contributed by atoms with Crippen LogP contribution in [0.3, 0.4) is 0 Å². The molecule has 0 saturated carbocycles. The summed E-state index contributed by atoms with van der Waals surface area (Å²) in [7, 11) is 0. The van der Waals surface area contributed by atoms with Crippen LogP contribution in [-0.4, -0.2) is 15.0 Å². The third kappa shape index (κ3) is 5.10. The predicted octanol–water partition coefficient (Wildman–Crippen LogP) is 14.9. The van der Waals surface area contributed by atoms with E-state index in [4.69, 9.17) is 28.2 Å². The summed E-state index contributed by atoms with van der Waals surface area (Å²) in [6.45, 7) is 0. The molecule has 0 bridgehead atoms. The summed E-state index contributed by atoms with van der Waals surface area (Å²) in [6.07, 6.45) is 1.81. The molecule has 0 unspecified atom stereocenters. The smallest absolute Gasteiger partial charge is 0.250 e. The predicted molar refractivity (Wildman–Crippen MR) is 242 cm³/mol. The number of furan rings is 3. The first-order chi connectivity index (χ1) is 29.2. The van der Waals surface area contributed by atoms with Gasteiger partial charge in [0.15, 0.2) is 5.82 Å². The number of anilines is 6. The van der Waals surface area contributed by atoms with Crippen LogP contribution in [0.25, 0.3) is 86.4 Å². The Morgan fingerprint density at radius 1 is 0.407 bits per heavy atom. The van der Waals surface area contributed by atoms with Crippen LogP contribution in [-0.2, 0) is 0 Å². The van der Waals surface area contributed by atoms with Gasteiger partial charge in [-0.05, 0) is 83.6 Å². The summed E-state index contributed by atoms with van der Waals surface area (Å²) in [5.74, 6) is 1.31. The van der Waals surface area contributed by atoms with Crippen molar-refractivity contribution in [2.24, 2.45) is 0 Å². The SMILES string of the molecule is c1ccc2sc(N(c3ccc4c(c3)oc3ccccc34)c3ccc4c(n3)oc3nc(N(c5ccc6c(c5)oc5ccccc56)c5cc6ccccc6s5)cnc34)cc2c1. The zero-order valence-electron chi connectivity index (χ0n) is 30.9. The van der Waals surface area contributed by atoms with E-state index in [9.17, 15) is 0 Å². The van der Waals surface area contributed by atoms with Gasteiger partial charge in [-0.25, -0.2) is 4.98 Å². The van der Waals surface area contributed by atoms with Crippen LogP contribution in [0.1, 0.15) is 0 Å². The van der Waals surface area contributed by atoms with Crippen LogP contribution in [0.5, 0.6) is 0 Å². The Morgan fingerprint density at radius 3 is 1.53 bits per heavy atom. The third-order valence-corrected chi connectivity index (χ3v) is 13.2. The standard InChI is InChI=1S/C49H27N5O3S2/c1-7-15-41-28(9-1)23-45(58-41)53(30-17-19-34-32-11-3-5-13-37(32)55-39(34)25-30)43-22-21-36-47-49(57-48(36)51-43)52-44(27-50-47)54(46-24-29-10-2-8-16-42(29)59-46)31-18-20-35-33-12-4-6-14-38(33)56-40(35)26-31/h1-27H. The molecule has 0 fully saturated rings. The van der Waals surface area contributed by atoms with Gasteiger partial charge < -0.3 is 13.3 Å². The number of para-hydroxylation sites is 2. The molecule has 0 aliphatic heterocycles. The molecule has 13 aromatic rings. The van der Waals surface area contributed by atoms with Crippen molar-refractivity contribution in [2.45, 2.75) is 0 Å². The second-order valence-corrected chi connectivity index (χ2v) is 16.6. The van der Waals surface area contributed by atoms with E-state index in [1.54, 1.807) is 22.7 Å². The van der Waals surface area contributed by atoms with Gasteiger partial charge in [0.05, 0.1) is 23.0 Å². The van der Waals surface area contributed by atoms with Crippen LogP contribution in [0.4, 0.5) is 33.0 Å². The van der Waals surface area contributed by atoms with Crippen LogP contribution >= 0.6 is 22.7 Å². The van der Waals surface area contributed by atoms with Crippen LogP contribution in [0.2, 0.25) is 0 Å². The topological polar surface area (TPSA) is 84.6 Å². The Kier molecular flexibility index (Phi) is 6.89. The highest BCUT2D eigenvalue weighted by Gasteiger charge is 2.24. The molecule has 7 heterocycles. The van der Waals surface area contributed by atoms with Gasteiger partial charge >= 0.3 is 0 Å². The number of nitrogens with zero attached hydrogens (tertiary/aromatic N) is 5. The lowest BCUT2D eigenvalue weighted by atomic mass is 10.1. The van der Waals surface area contributed by atoms with E-state index < -0.39 is 0 Å². The van der Waals surface area contributed by atoms with E-state index in [1.807, 2.05) is 54.7 Å². The lowest BCUT2D eigenvalue weighted by molar-refractivity contribution is 0.639. The summed E-state index contributed by atoms with van der Waals surface area (Å²) in [4.78, 5) is 19.6. The number of hydrogen-bond acceptors (Lipinski definition) is 10. The molecule has 13 rings (SSSR count). The Hall–Kier alpha value is -7.53. The molecule has 0 spiro atoms. The highest BCUT2D eigenvalue weighted by Crippen LogP contribution is 2.45. The lowest BCUT2D eigenvalue weighted by Crippen LogP contribution is -2.10. The van der Waals surface area contributed by atoms with Crippen molar-refractivity contribution in [3.63, 3.8) is 0 Å². The van der Waals surface area contributed by atoms with Crippen molar-refractivity contribution in [1.82, 2.24) is 15.0 Å². The van der Waals surface area contributed by atoms with Gasteiger partial charge in [-0.3, -0.25) is 9.80 Å². The maximum Gasteiger partial charge on any atom is 0.250 e. The van der Waals surface area contributed by atoms with Crippen LogP contribution in [0, 0.1) is 0 Å². The van der Waals surface area contributed by atoms with Crippen molar-refractivity contribution in [3.05, 3.63) is 164 Å². The highest BCUT2D eigenvalue weighted by molar-refractivity contribution is 7.23. The van der Waals surface area contributed by atoms with E-state index in [2.05, 4.69) is 119 Å². The first-order valence-corrected chi connectivity index (χ1v) is 20.8. The van der Waals surface area contributed by atoms with E-state index in [-0.39, 0.29) is 0 Å². The van der Waals surface area contributed by atoms with Crippen molar-refractivity contribution in [1.29, 1.82) is 0 Å². The van der Waals surface area contributed by atoms with Crippen LogP contribution < -0.4 is 9.80 Å². The Bertz CT molecular complexity index is 3490. The number of pyridine rings is 1. The number of hydrogen-bond donors (Lipinski definition) is 0. The van der Waals surface area contributed by atoms with Crippen molar-refractivity contribution in [3.8, 4) is 0 Å². The summed E-state index contributed by atoms with van der Waals surface area (Å²) < 4.78 is 21.6. The quantitative estimate of drug-likeness (QED) is 0.164. The summed E-state index contributed by atoms with van der Waals surface area (Å²) in [5.41, 5.74) is 6.62. The number of thiophene rings is 2. The molecular weight excluding hydrogens is 771 g/mol. The summed E-state index contributed by atoms with van der Waals surface area (Å²) >= 11 is 3.40. The molecule has 59 heavy (non-hydrogen) atoms. The largest absolute Gasteiger partial charge is 0.456 e. The first-order valence-electron chi connectivity index (χ1n) is 19.1. The number of fused-ring (bicyclic) bond motifs is 11. The second-order valence-electron chi connectivity index (χ2n) is 14.5. The van der Waals surface area contributed by atoms with Gasteiger partial charge in [-0.15, -0.1) is 22.7 Å². The minimum Gasteiger partial charge on any atom is -0.456 e. The van der Waals surface area contributed by atoms with Gasteiger partial charge in [0.25, 0.3) is 0 Å². The van der Waals surface area contributed by atoms with E-state index in [0.717, 1.165) is 81.4 Å². The zero-order valence-corrected chi connectivity index (χ0v) is 32.5. The zero-order chi connectivity index (χ0) is 38.6. The second kappa shape index (κ2) is 12.5. The fourth-order valence-corrected chi connectivity index (χ4v) is 10.4. The fourth-order valence-electron chi connectivity index (χ4n) is 8.24. The molecule has 0 radical (unpaired) electrons. The molecule has 0 saturated heterocycles. The molecular formula is C49H27N5O3S2. The Morgan fingerprint density at radius 2 is 0.915 bits per heavy atom. The molecule has 7 aromatic heterocycles. The van der Waals surface area contributed by atoms with Gasteiger partial charge in [0, 0.05) is 43.1 Å². The number of rotatable bonds is 6. The van der Waals surface area contributed by atoms with E-state index in [1.165, 1.54) is 9.40 Å². The monoisotopic (exact) mass is 797 g/mol. The maximum absolute atomic E-state index is 6.55. The number of benzene rings is 6. The molecule has 278 valence electrons. The van der Waals surface area contributed by atoms with Gasteiger partial charge in [-0.1, -0.05) is 72.8 Å². The van der Waals surface area contributed by atoms with Crippen molar-refractivity contribution in [2.75, 3.05) is 9.80 Å². The van der Waals surface area contributed by atoms with E-state index >= 15 is 0 Å². The minimum atomic E-state index is 0.398. The first kappa shape index (κ1) is 32.5. The van der Waals surface area contributed by atoms with Crippen molar-refractivity contribution < 1.29 is 13.3 Å². The Balaban J connectivity index is 0.959. The van der Waals surface area contributed by atoms with Crippen LogP contribution in [0.15, 0.2) is 177 Å². The molecule has 0 atom stereocenters. The molecule has 6 aromatic carbocycles. The highest BCUT2D eigenvalue weighted by atomic mass is 32.1.